The van der Waals surface area contributed by atoms with Gasteiger partial charge in [0, 0.05) is 24.1 Å². The van der Waals surface area contributed by atoms with Crippen LogP contribution in [0.1, 0.15) is 11.1 Å². The molecule has 17 heavy (non-hydrogen) atoms. The van der Waals surface area contributed by atoms with Gasteiger partial charge in [-0.05, 0) is 35.4 Å². The Morgan fingerprint density at radius 2 is 1.65 bits per heavy atom. The highest BCUT2D eigenvalue weighted by Crippen LogP contribution is 2.14. The molecule has 1 aromatic carbocycles. The number of ether oxygens (including phenoxy) is 1. The Kier molecular flexibility index (Phi) is 4.56. The first-order valence-electron chi connectivity index (χ1n) is 5.55. The molecule has 2 rings (SSSR count). The average molecular weight is 292 g/mol. The topological polar surface area (TPSA) is 22.1 Å². The van der Waals surface area contributed by atoms with Crippen molar-refractivity contribution >= 4 is 15.9 Å². The maximum atomic E-state index is 5.67. The zero-order valence-corrected chi connectivity index (χ0v) is 11.1. The van der Waals surface area contributed by atoms with Crippen molar-refractivity contribution in [3.63, 3.8) is 0 Å². The van der Waals surface area contributed by atoms with Crippen molar-refractivity contribution in [2.24, 2.45) is 0 Å². The molecule has 0 atom stereocenters. The van der Waals surface area contributed by atoms with Gasteiger partial charge in [0.2, 0.25) is 0 Å². The zero-order valence-electron chi connectivity index (χ0n) is 9.47. The van der Waals surface area contributed by atoms with Crippen molar-refractivity contribution in [3.05, 3.63) is 59.9 Å². The Balaban J connectivity index is 1.82. The van der Waals surface area contributed by atoms with E-state index >= 15 is 0 Å². The second kappa shape index (κ2) is 6.40. The molecule has 0 radical (unpaired) electrons. The summed E-state index contributed by atoms with van der Waals surface area (Å²) < 4.78 is 5.67. The van der Waals surface area contributed by atoms with Gasteiger partial charge in [-0.3, -0.25) is 4.98 Å². The van der Waals surface area contributed by atoms with Crippen LogP contribution >= 0.6 is 15.9 Å². The van der Waals surface area contributed by atoms with Gasteiger partial charge in [0.25, 0.3) is 0 Å². The van der Waals surface area contributed by atoms with Gasteiger partial charge < -0.3 is 4.74 Å². The molecule has 88 valence electrons. The lowest BCUT2D eigenvalue weighted by molar-refractivity contribution is 0.322. The number of rotatable bonds is 5. The van der Waals surface area contributed by atoms with E-state index < -0.39 is 0 Å². The van der Waals surface area contributed by atoms with Crippen molar-refractivity contribution in [2.45, 2.75) is 11.8 Å². The zero-order chi connectivity index (χ0) is 11.9. The lowest BCUT2D eigenvalue weighted by atomic mass is 10.2. The van der Waals surface area contributed by atoms with Crippen LogP contribution in [0.25, 0.3) is 0 Å². The second-order valence-corrected chi connectivity index (χ2v) is 4.29. The third kappa shape index (κ3) is 3.86. The van der Waals surface area contributed by atoms with Gasteiger partial charge in [-0.2, -0.15) is 0 Å². The Morgan fingerprint density at radius 3 is 2.29 bits per heavy atom. The molecule has 1 heterocycles. The summed E-state index contributed by atoms with van der Waals surface area (Å²) in [5.41, 5.74) is 2.50. The smallest absolute Gasteiger partial charge is 0.119 e. The summed E-state index contributed by atoms with van der Waals surface area (Å²) in [4.78, 5) is 3.99. The van der Waals surface area contributed by atoms with E-state index in [9.17, 15) is 0 Å². The quantitative estimate of drug-likeness (QED) is 0.786. The number of benzene rings is 1. The highest BCUT2D eigenvalue weighted by atomic mass is 79.9. The van der Waals surface area contributed by atoms with E-state index in [0.29, 0.717) is 6.61 Å². The number of hydrogen-bond acceptors (Lipinski definition) is 2. The van der Waals surface area contributed by atoms with E-state index in [1.54, 1.807) is 12.4 Å². The van der Waals surface area contributed by atoms with Crippen molar-refractivity contribution in [2.75, 3.05) is 6.61 Å². The molecular weight excluding hydrogens is 278 g/mol. The van der Waals surface area contributed by atoms with E-state index in [4.69, 9.17) is 4.74 Å². The molecule has 0 N–H and O–H groups in total. The van der Waals surface area contributed by atoms with Crippen molar-refractivity contribution in [3.8, 4) is 5.75 Å². The largest absolute Gasteiger partial charge is 0.493 e. The molecule has 0 fully saturated rings. The molecule has 3 heteroatoms. The van der Waals surface area contributed by atoms with E-state index in [-0.39, 0.29) is 0 Å². The van der Waals surface area contributed by atoms with Gasteiger partial charge >= 0.3 is 0 Å². The number of aromatic nitrogens is 1. The summed E-state index contributed by atoms with van der Waals surface area (Å²) in [5.74, 6) is 0.920. The molecule has 2 nitrogen and oxygen atoms in total. The summed E-state index contributed by atoms with van der Waals surface area (Å²) in [7, 11) is 0. The lowest BCUT2D eigenvalue weighted by Crippen LogP contribution is -2.01. The maximum Gasteiger partial charge on any atom is 0.119 e. The molecule has 0 aliphatic rings. The average Bonchev–Trinajstić information content (AvgIpc) is 2.41. The molecular formula is C14H14BrNO. The van der Waals surface area contributed by atoms with Crippen LogP contribution in [-0.2, 0) is 11.8 Å². The first kappa shape index (κ1) is 12.1. The fourth-order valence-corrected chi connectivity index (χ4v) is 1.88. The molecule has 1 aromatic heterocycles. The second-order valence-electron chi connectivity index (χ2n) is 3.73. The van der Waals surface area contributed by atoms with E-state index in [1.165, 1.54) is 11.1 Å². The highest BCUT2D eigenvalue weighted by Gasteiger charge is 1.96. The SMILES string of the molecule is BrCc1ccc(OCCc2ccncc2)cc1. The lowest BCUT2D eigenvalue weighted by Gasteiger charge is -2.06. The molecule has 0 bridgehead atoms. The minimum atomic E-state index is 0.692. The molecule has 0 aliphatic heterocycles. The van der Waals surface area contributed by atoms with E-state index in [2.05, 4.69) is 33.0 Å². The molecule has 0 unspecified atom stereocenters. The van der Waals surface area contributed by atoms with Crippen molar-refractivity contribution < 1.29 is 4.74 Å². The first-order chi connectivity index (χ1) is 8.38. The van der Waals surface area contributed by atoms with Gasteiger partial charge in [0.15, 0.2) is 0 Å². The van der Waals surface area contributed by atoms with Gasteiger partial charge in [-0.1, -0.05) is 28.1 Å². The predicted octanol–water partition coefficient (Wildman–Crippen LogP) is 3.60. The number of alkyl halides is 1. The van der Waals surface area contributed by atoms with Crippen LogP contribution in [-0.4, -0.2) is 11.6 Å². The van der Waals surface area contributed by atoms with Gasteiger partial charge in [-0.15, -0.1) is 0 Å². The summed E-state index contributed by atoms with van der Waals surface area (Å²) >= 11 is 3.42. The summed E-state index contributed by atoms with van der Waals surface area (Å²) in [5, 5.41) is 0.879. The van der Waals surface area contributed by atoms with Crippen LogP contribution in [0.4, 0.5) is 0 Å². The fraction of sp³-hybridized carbons (Fsp3) is 0.214. The summed E-state index contributed by atoms with van der Waals surface area (Å²) in [6.07, 6.45) is 4.52. The Bertz CT molecular complexity index is 442. The van der Waals surface area contributed by atoms with Crippen molar-refractivity contribution in [1.82, 2.24) is 4.98 Å². The van der Waals surface area contributed by atoms with Crippen LogP contribution in [0.3, 0.4) is 0 Å². The minimum absolute atomic E-state index is 0.692. The molecule has 0 saturated heterocycles. The third-order valence-electron chi connectivity index (χ3n) is 2.49. The Morgan fingerprint density at radius 1 is 0.941 bits per heavy atom. The van der Waals surface area contributed by atoms with Gasteiger partial charge in [0.1, 0.15) is 5.75 Å². The van der Waals surface area contributed by atoms with Crippen molar-refractivity contribution in [1.29, 1.82) is 0 Å². The van der Waals surface area contributed by atoms with Gasteiger partial charge in [0.05, 0.1) is 6.61 Å². The third-order valence-corrected chi connectivity index (χ3v) is 3.13. The van der Waals surface area contributed by atoms with Crippen LogP contribution in [0.15, 0.2) is 48.8 Å². The molecule has 0 spiro atoms. The van der Waals surface area contributed by atoms with Gasteiger partial charge in [-0.25, -0.2) is 0 Å². The standard InChI is InChI=1S/C14H14BrNO/c15-11-13-1-3-14(4-2-13)17-10-7-12-5-8-16-9-6-12/h1-6,8-9H,7,10-11H2. The molecule has 0 aliphatic carbocycles. The first-order valence-corrected chi connectivity index (χ1v) is 6.67. The minimum Gasteiger partial charge on any atom is -0.493 e. The monoisotopic (exact) mass is 291 g/mol. The normalized spacial score (nSPS) is 10.2. The van der Waals surface area contributed by atoms with Crippen LogP contribution in [0.5, 0.6) is 5.75 Å². The number of hydrogen-bond donors (Lipinski definition) is 0. The van der Waals surface area contributed by atoms with Crippen LogP contribution in [0.2, 0.25) is 0 Å². The molecule has 2 aromatic rings. The van der Waals surface area contributed by atoms with Crippen LogP contribution in [0, 0.1) is 0 Å². The van der Waals surface area contributed by atoms with E-state index in [0.717, 1.165) is 17.5 Å². The fourth-order valence-electron chi connectivity index (χ4n) is 1.51. The predicted molar refractivity (Wildman–Crippen MR) is 72.5 cm³/mol. The maximum absolute atomic E-state index is 5.67. The summed E-state index contributed by atoms with van der Waals surface area (Å²) in [6.45, 7) is 0.692. The Labute approximate surface area is 110 Å². The number of pyridine rings is 1. The highest BCUT2D eigenvalue weighted by molar-refractivity contribution is 9.08. The van der Waals surface area contributed by atoms with E-state index in [1.807, 2.05) is 24.3 Å². The Hall–Kier alpha value is -1.35. The number of halogens is 1. The summed E-state index contributed by atoms with van der Waals surface area (Å²) in [6, 6.07) is 12.2. The molecule has 0 saturated carbocycles. The molecule has 0 amide bonds. The van der Waals surface area contributed by atoms with Crippen LogP contribution < -0.4 is 4.74 Å². The number of nitrogens with zero attached hydrogens (tertiary/aromatic N) is 1.